The highest BCUT2D eigenvalue weighted by Crippen LogP contribution is 2.21. The lowest BCUT2D eigenvalue weighted by atomic mass is 10.2. The second-order valence-corrected chi connectivity index (χ2v) is 4.34. The predicted octanol–water partition coefficient (Wildman–Crippen LogP) is 1.77. The summed E-state index contributed by atoms with van der Waals surface area (Å²) >= 11 is 0. The van der Waals surface area contributed by atoms with Gasteiger partial charge in [0.05, 0.1) is 6.57 Å². The summed E-state index contributed by atoms with van der Waals surface area (Å²) in [5, 5.41) is 0. The first-order valence-corrected chi connectivity index (χ1v) is 5.45. The Bertz CT molecular complexity index is 390. The van der Waals surface area contributed by atoms with Crippen molar-refractivity contribution in [3.8, 4) is 0 Å². The first kappa shape index (κ1) is 10.9. The van der Waals surface area contributed by atoms with Crippen LogP contribution < -0.4 is 4.90 Å². The van der Waals surface area contributed by atoms with Gasteiger partial charge in [-0.2, -0.15) is 0 Å². The fourth-order valence-corrected chi connectivity index (χ4v) is 2.00. The number of hydrogen-bond acceptors (Lipinski definition) is 3. The quantitative estimate of drug-likeness (QED) is 0.704. The van der Waals surface area contributed by atoms with E-state index in [0.29, 0.717) is 11.7 Å². The molecule has 84 valence electrons. The molecule has 1 fully saturated rings. The molecule has 0 aromatic carbocycles. The molecule has 0 aliphatic carbocycles. The average molecular weight is 216 g/mol. The lowest BCUT2D eigenvalue weighted by Gasteiger charge is -2.21. The summed E-state index contributed by atoms with van der Waals surface area (Å²) < 4.78 is 0. The van der Waals surface area contributed by atoms with E-state index in [1.54, 1.807) is 6.20 Å². The molecule has 1 saturated heterocycles. The smallest absolute Gasteiger partial charge is 0.205 e. The summed E-state index contributed by atoms with van der Waals surface area (Å²) in [5.41, 5.74) is 0.604. The van der Waals surface area contributed by atoms with Gasteiger partial charge in [0.2, 0.25) is 5.69 Å². The Morgan fingerprint density at radius 2 is 2.31 bits per heavy atom. The molecule has 1 aliphatic rings. The Kier molecular flexibility index (Phi) is 3.07. The van der Waals surface area contributed by atoms with Crippen molar-refractivity contribution in [2.24, 2.45) is 0 Å². The van der Waals surface area contributed by atoms with Crippen LogP contribution in [-0.2, 0) is 0 Å². The van der Waals surface area contributed by atoms with Gasteiger partial charge >= 0.3 is 0 Å². The third kappa shape index (κ3) is 2.15. The predicted molar refractivity (Wildman–Crippen MR) is 64.8 cm³/mol. The Hall–Kier alpha value is -1.60. The zero-order valence-corrected chi connectivity index (χ0v) is 9.72. The van der Waals surface area contributed by atoms with E-state index in [4.69, 9.17) is 6.57 Å². The van der Waals surface area contributed by atoms with E-state index in [-0.39, 0.29) is 0 Å². The van der Waals surface area contributed by atoms with Crippen LogP contribution in [0.3, 0.4) is 0 Å². The number of anilines is 1. The number of aromatic nitrogens is 1. The van der Waals surface area contributed by atoms with E-state index in [1.807, 2.05) is 12.1 Å². The number of pyridine rings is 1. The maximum Gasteiger partial charge on any atom is 0.205 e. The summed E-state index contributed by atoms with van der Waals surface area (Å²) in [4.78, 5) is 12.2. The van der Waals surface area contributed by atoms with Crippen molar-refractivity contribution in [3.05, 3.63) is 29.7 Å². The summed E-state index contributed by atoms with van der Waals surface area (Å²) in [6, 6.07) is 4.38. The van der Waals surface area contributed by atoms with Gasteiger partial charge in [0.25, 0.3) is 0 Å². The van der Waals surface area contributed by atoms with E-state index in [1.165, 1.54) is 6.42 Å². The van der Waals surface area contributed by atoms with Crippen LogP contribution in [0, 0.1) is 6.57 Å². The Morgan fingerprint density at radius 3 is 2.81 bits per heavy atom. The van der Waals surface area contributed by atoms with Crippen molar-refractivity contribution in [1.82, 2.24) is 9.88 Å². The zero-order chi connectivity index (χ0) is 11.5. The SMILES string of the molecule is [C-]#[N+]c1ccc(N2CCC(N(C)C)C2)nc1. The van der Waals surface area contributed by atoms with Crippen LogP contribution in [-0.4, -0.2) is 43.1 Å². The van der Waals surface area contributed by atoms with Gasteiger partial charge in [-0.1, -0.05) is 6.07 Å². The molecular formula is C12H16N4. The van der Waals surface area contributed by atoms with Crippen LogP contribution in [0.25, 0.3) is 4.85 Å². The standard InChI is InChI=1S/C12H16N4/c1-13-10-4-5-12(14-8-10)16-7-6-11(9-16)15(2)3/h4-5,8,11H,6-7,9H2,2-3H3. The maximum atomic E-state index is 6.88. The topological polar surface area (TPSA) is 23.7 Å². The lowest BCUT2D eigenvalue weighted by molar-refractivity contribution is 0.315. The van der Waals surface area contributed by atoms with E-state index in [9.17, 15) is 0 Å². The molecule has 1 atom stereocenters. The average Bonchev–Trinajstić information content (AvgIpc) is 2.78. The summed E-state index contributed by atoms with van der Waals surface area (Å²) in [6.45, 7) is 8.95. The summed E-state index contributed by atoms with van der Waals surface area (Å²) in [7, 11) is 4.23. The molecule has 1 aromatic rings. The maximum absolute atomic E-state index is 6.88. The normalized spacial score (nSPS) is 20.1. The summed E-state index contributed by atoms with van der Waals surface area (Å²) in [6.07, 6.45) is 2.82. The van der Waals surface area contributed by atoms with E-state index in [2.05, 4.69) is 33.7 Å². The van der Waals surface area contributed by atoms with Gasteiger partial charge in [-0.25, -0.2) is 4.85 Å². The Balaban J connectivity index is 2.06. The molecule has 1 aromatic heterocycles. The molecule has 1 aliphatic heterocycles. The van der Waals surface area contributed by atoms with Crippen LogP contribution in [0.15, 0.2) is 18.3 Å². The Labute approximate surface area is 96.3 Å². The van der Waals surface area contributed by atoms with Crippen LogP contribution in [0.2, 0.25) is 0 Å². The zero-order valence-electron chi connectivity index (χ0n) is 9.72. The van der Waals surface area contributed by atoms with Crippen molar-refractivity contribution in [2.75, 3.05) is 32.1 Å². The molecular weight excluding hydrogens is 200 g/mol. The molecule has 0 saturated carbocycles. The minimum Gasteiger partial charge on any atom is -0.355 e. The lowest BCUT2D eigenvalue weighted by Crippen LogP contribution is -2.31. The van der Waals surface area contributed by atoms with E-state index >= 15 is 0 Å². The van der Waals surface area contributed by atoms with Gasteiger partial charge < -0.3 is 9.80 Å². The van der Waals surface area contributed by atoms with Crippen molar-refractivity contribution in [3.63, 3.8) is 0 Å². The molecule has 4 heteroatoms. The van der Waals surface area contributed by atoms with Gasteiger partial charge in [0.15, 0.2) is 0 Å². The minimum atomic E-state index is 0.604. The number of likely N-dealkylation sites (N-methyl/N-ethyl adjacent to an activating group) is 1. The highest BCUT2D eigenvalue weighted by molar-refractivity contribution is 5.49. The Morgan fingerprint density at radius 1 is 1.50 bits per heavy atom. The van der Waals surface area contributed by atoms with Gasteiger partial charge in [-0.05, 0) is 26.6 Å². The molecule has 1 unspecified atom stereocenters. The number of nitrogens with zero attached hydrogens (tertiary/aromatic N) is 4. The largest absolute Gasteiger partial charge is 0.355 e. The van der Waals surface area contributed by atoms with Crippen molar-refractivity contribution >= 4 is 11.5 Å². The molecule has 0 spiro atoms. The molecule has 4 nitrogen and oxygen atoms in total. The van der Waals surface area contributed by atoms with Crippen molar-refractivity contribution in [1.29, 1.82) is 0 Å². The minimum absolute atomic E-state index is 0.604. The van der Waals surface area contributed by atoms with Crippen molar-refractivity contribution < 1.29 is 0 Å². The fraction of sp³-hybridized carbons (Fsp3) is 0.500. The first-order valence-electron chi connectivity index (χ1n) is 5.45. The first-order chi connectivity index (χ1) is 7.70. The number of rotatable bonds is 2. The highest BCUT2D eigenvalue weighted by Gasteiger charge is 2.24. The second-order valence-electron chi connectivity index (χ2n) is 4.34. The van der Waals surface area contributed by atoms with E-state index < -0.39 is 0 Å². The van der Waals surface area contributed by atoms with Crippen LogP contribution in [0.4, 0.5) is 11.5 Å². The third-order valence-corrected chi connectivity index (χ3v) is 3.08. The molecule has 16 heavy (non-hydrogen) atoms. The second kappa shape index (κ2) is 4.50. The molecule has 0 N–H and O–H groups in total. The fourth-order valence-electron chi connectivity index (χ4n) is 2.00. The molecule has 0 amide bonds. The van der Waals surface area contributed by atoms with Crippen LogP contribution in [0.1, 0.15) is 6.42 Å². The number of hydrogen-bond donors (Lipinski definition) is 0. The van der Waals surface area contributed by atoms with Crippen LogP contribution in [0.5, 0.6) is 0 Å². The molecule has 0 bridgehead atoms. The highest BCUT2D eigenvalue weighted by atomic mass is 15.3. The summed E-state index contributed by atoms with van der Waals surface area (Å²) in [5.74, 6) is 0.983. The van der Waals surface area contributed by atoms with Crippen LogP contribution >= 0.6 is 0 Å². The molecule has 2 rings (SSSR count). The van der Waals surface area contributed by atoms with Gasteiger partial charge in [0, 0.05) is 25.3 Å². The van der Waals surface area contributed by atoms with Gasteiger partial charge in [-0.3, -0.25) is 4.98 Å². The van der Waals surface area contributed by atoms with Crippen molar-refractivity contribution in [2.45, 2.75) is 12.5 Å². The molecule has 2 heterocycles. The van der Waals surface area contributed by atoms with Gasteiger partial charge in [0.1, 0.15) is 5.82 Å². The molecule has 0 radical (unpaired) electrons. The van der Waals surface area contributed by atoms with Gasteiger partial charge in [-0.15, -0.1) is 0 Å². The third-order valence-electron chi connectivity index (χ3n) is 3.08. The van der Waals surface area contributed by atoms with E-state index in [0.717, 1.165) is 18.9 Å². The monoisotopic (exact) mass is 216 g/mol.